The Kier molecular flexibility index (Phi) is 5.65. The van der Waals surface area contributed by atoms with Crippen molar-refractivity contribution in [3.8, 4) is 10.6 Å². The molecular formula is C24H32N4OS. The SMILES string of the molecule is Cc1ccc(-c2nc3c(s2)CN(CC(=O)N2CCN(C4CCC4)CC2)CC3)cc1C. The first-order valence-electron chi connectivity index (χ1n) is 11.4. The fourth-order valence-corrected chi connectivity index (χ4v) is 5.91. The third-order valence-electron chi connectivity index (χ3n) is 7.18. The van der Waals surface area contributed by atoms with E-state index in [1.807, 2.05) is 0 Å². The van der Waals surface area contributed by atoms with Crippen molar-refractivity contribution in [2.24, 2.45) is 0 Å². The van der Waals surface area contributed by atoms with Gasteiger partial charge in [0.05, 0.1) is 12.2 Å². The summed E-state index contributed by atoms with van der Waals surface area (Å²) in [5.74, 6) is 0.297. The second kappa shape index (κ2) is 8.40. The van der Waals surface area contributed by atoms with Crippen LogP contribution in [0.1, 0.15) is 41.0 Å². The van der Waals surface area contributed by atoms with Crippen LogP contribution in [0.2, 0.25) is 0 Å². The van der Waals surface area contributed by atoms with Gasteiger partial charge in [0.2, 0.25) is 5.91 Å². The maximum Gasteiger partial charge on any atom is 0.236 e. The fourth-order valence-electron chi connectivity index (χ4n) is 4.76. The molecule has 0 bridgehead atoms. The molecule has 1 aromatic carbocycles. The predicted molar refractivity (Wildman–Crippen MR) is 122 cm³/mol. The lowest BCUT2D eigenvalue weighted by Gasteiger charge is -2.43. The average Bonchev–Trinajstić information content (AvgIpc) is 3.13. The molecule has 5 nitrogen and oxygen atoms in total. The van der Waals surface area contributed by atoms with E-state index >= 15 is 0 Å². The first kappa shape index (κ1) is 20.2. The third kappa shape index (κ3) is 4.05. The predicted octanol–water partition coefficient (Wildman–Crippen LogP) is 3.48. The van der Waals surface area contributed by atoms with Crippen LogP contribution in [0.25, 0.3) is 10.6 Å². The minimum Gasteiger partial charge on any atom is -0.339 e. The molecule has 0 N–H and O–H groups in total. The smallest absolute Gasteiger partial charge is 0.236 e. The molecule has 1 aliphatic carbocycles. The van der Waals surface area contributed by atoms with Crippen LogP contribution in [0.15, 0.2) is 18.2 Å². The Morgan fingerprint density at radius 2 is 1.90 bits per heavy atom. The van der Waals surface area contributed by atoms with E-state index in [1.54, 1.807) is 11.3 Å². The number of carbonyl (C=O) groups excluding carboxylic acids is 1. The molecule has 0 unspecified atom stereocenters. The van der Waals surface area contributed by atoms with Gasteiger partial charge in [-0.15, -0.1) is 11.3 Å². The summed E-state index contributed by atoms with van der Waals surface area (Å²) in [6, 6.07) is 7.39. The van der Waals surface area contributed by atoms with Gasteiger partial charge in [-0.05, 0) is 43.9 Å². The Labute approximate surface area is 183 Å². The molecule has 2 aromatic rings. The minimum atomic E-state index is 0.297. The number of amides is 1. The van der Waals surface area contributed by atoms with Crippen molar-refractivity contribution in [1.29, 1.82) is 0 Å². The summed E-state index contributed by atoms with van der Waals surface area (Å²) in [7, 11) is 0. The van der Waals surface area contributed by atoms with Gasteiger partial charge in [-0.3, -0.25) is 14.6 Å². The normalized spacial score (nSPS) is 20.8. The number of aromatic nitrogens is 1. The van der Waals surface area contributed by atoms with Crippen molar-refractivity contribution in [2.75, 3.05) is 39.3 Å². The summed E-state index contributed by atoms with van der Waals surface area (Å²) in [6.07, 6.45) is 5.02. The Morgan fingerprint density at radius 3 is 2.60 bits per heavy atom. The van der Waals surface area contributed by atoms with E-state index in [0.29, 0.717) is 12.5 Å². The van der Waals surface area contributed by atoms with Gasteiger partial charge >= 0.3 is 0 Å². The Balaban J connectivity index is 1.18. The zero-order chi connectivity index (χ0) is 20.7. The van der Waals surface area contributed by atoms with Crippen LogP contribution in [0.3, 0.4) is 0 Å². The van der Waals surface area contributed by atoms with Crippen LogP contribution in [0, 0.1) is 13.8 Å². The van der Waals surface area contributed by atoms with Gasteiger partial charge in [0.15, 0.2) is 0 Å². The molecule has 1 amide bonds. The fraction of sp³-hybridized carbons (Fsp3) is 0.583. The molecular weight excluding hydrogens is 392 g/mol. The van der Waals surface area contributed by atoms with Crippen molar-refractivity contribution in [3.63, 3.8) is 0 Å². The van der Waals surface area contributed by atoms with Crippen molar-refractivity contribution < 1.29 is 4.79 Å². The maximum absolute atomic E-state index is 12.9. The van der Waals surface area contributed by atoms with Crippen LogP contribution < -0.4 is 0 Å². The van der Waals surface area contributed by atoms with E-state index in [1.165, 1.54) is 46.5 Å². The first-order valence-corrected chi connectivity index (χ1v) is 12.2. The van der Waals surface area contributed by atoms with Crippen molar-refractivity contribution >= 4 is 17.2 Å². The molecule has 3 heterocycles. The molecule has 5 rings (SSSR count). The molecule has 30 heavy (non-hydrogen) atoms. The van der Waals surface area contributed by atoms with E-state index < -0.39 is 0 Å². The Hall–Kier alpha value is -1.76. The van der Waals surface area contributed by atoms with Gasteiger partial charge in [-0.1, -0.05) is 18.6 Å². The van der Waals surface area contributed by atoms with E-state index in [4.69, 9.17) is 4.98 Å². The van der Waals surface area contributed by atoms with E-state index in [9.17, 15) is 4.79 Å². The van der Waals surface area contributed by atoms with Crippen LogP contribution in [0.5, 0.6) is 0 Å². The molecule has 1 saturated heterocycles. The van der Waals surface area contributed by atoms with Gasteiger partial charge in [0.25, 0.3) is 0 Å². The number of rotatable bonds is 4. The van der Waals surface area contributed by atoms with Gasteiger partial charge in [-0.25, -0.2) is 4.98 Å². The number of hydrogen-bond acceptors (Lipinski definition) is 5. The molecule has 160 valence electrons. The summed E-state index contributed by atoms with van der Waals surface area (Å²) < 4.78 is 0. The molecule has 0 radical (unpaired) electrons. The number of fused-ring (bicyclic) bond motifs is 1. The molecule has 6 heteroatoms. The van der Waals surface area contributed by atoms with E-state index in [0.717, 1.165) is 56.7 Å². The van der Waals surface area contributed by atoms with Crippen molar-refractivity contribution in [3.05, 3.63) is 39.9 Å². The minimum absolute atomic E-state index is 0.297. The maximum atomic E-state index is 12.9. The molecule has 2 fully saturated rings. The van der Waals surface area contributed by atoms with Crippen LogP contribution in [0.4, 0.5) is 0 Å². The van der Waals surface area contributed by atoms with E-state index in [2.05, 4.69) is 46.7 Å². The van der Waals surface area contributed by atoms with Crippen molar-refractivity contribution in [2.45, 2.75) is 52.1 Å². The van der Waals surface area contributed by atoms with Gasteiger partial charge in [0.1, 0.15) is 5.01 Å². The number of thiazole rings is 1. The van der Waals surface area contributed by atoms with Crippen LogP contribution in [-0.4, -0.2) is 70.9 Å². The molecule has 2 aliphatic heterocycles. The number of aryl methyl sites for hydroxylation is 2. The lowest BCUT2D eigenvalue weighted by molar-refractivity contribution is -0.135. The van der Waals surface area contributed by atoms with Crippen LogP contribution >= 0.6 is 11.3 Å². The second-order valence-electron chi connectivity index (χ2n) is 9.15. The largest absolute Gasteiger partial charge is 0.339 e. The highest BCUT2D eigenvalue weighted by molar-refractivity contribution is 7.15. The third-order valence-corrected chi connectivity index (χ3v) is 8.31. The first-order chi connectivity index (χ1) is 14.6. The van der Waals surface area contributed by atoms with E-state index in [-0.39, 0.29) is 0 Å². The number of benzene rings is 1. The summed E-state index contributed by atoms with van der Waals surface area (Å²) in [4.78, 5) is 26.1. The highest BCUT2D eigenvalue weighted by Crippen LogP contribution is 2.32. The summed E-state index contributed by atoms with van der Waals surface area (Å²) >= 11 is 1.80. The lowest BCUT2D eigenvalue weighted by atomic mass is 9.91. The highest BCUT2D eigenvalue weighted by atomic mass is 32.1. The molecule has 0 spiro atoms. The molecule has 1 aromatic heterocycles. The number of piperazine rings is 1. The summed E-state index contributed by atoms with van der Waals surface area (Å²) in [5, 5.41) is 1.11. The molecule has 0 atom stereocenters. The average molecular weight is 425 g/mol. The van der Waals surface area contributed by atoms with Gasteiger partial charge in [0, 0.05) is 62.2 Å². The molecule has 3 aliphatic rings. The van der Waals surface area contributed by atoms with Gasteiger partial charge < -0.3 is 4.90 Å². The quantitative estimate of drug-likeness (QED) is 0.753. The second-order valence-corrected chi connectivity index (χ2v) is 10.2. The zero-order valence-electron chi connectivity index (χ0n) is 18.2. The summed E-state index contributed by atoms with van der Waals surface area (Å²) in [6.45, 7) is 10.5. The number of carbonyl (C=O) groups is 1. The van der Waals surface area contributed by atoms with Gasteiger partial charge in [-0.2, -0.15) is 0 Å². The van der Waals surface area contributed by atoms with Crippen molar-refractivity contribution in [1.82, 2.24) is 19.7 Å². The number of nitrogens with zero attached hydrogens (tertiary/aromatic N) is 4. The Morgan fingerprint density at radius 1 is 1.10 bits per heavy atom. The topological polar surface area (TPSA) is 39.7 Å². The Bertz CT molecular complexity index is 927. The summed E-state index contributed by atoms with van der Waals surface area (Å²) in [5.41, 5.74) is 5.07. The zero-order valence-corrected chi connectivity index (χ0v) is 19.0. The monoisotopic (exact) mass is 424 g/mol. The lowest BCUT2D eigenvalue weighted by Crippen LogP contribution is -2.55. The highest BCUT2D eigenvalue weighted by Gasteiger charge is 2.30. The number of hydrogen-bond donors (Lipinski definition) is 0. The molecule has 1 saturated carbocycles. The standard InChI is InChI=1S/C24H32N4OS/c1-17-6-7-19(14-18(17)2)24-25-21-8-9-26(15-22(21)30-24)16-23(29)28-12-10-27(11-13-28)20-4-3-5-20/h6-7,14,20H,3-5,8-13,15-16H2,1-2H3. The van der Waals surface area contributed by atoms with Crippen LogP contribution in [-0.2, 0) is 17.8 Å².